The standard InChI is InChI=1S/C32H54N2/c1-3-5-6-7-8-9-10-11-12-13-14-15-16-17-18-22-25-32(34-27-26-33-29-34)31(4-2)28-30-23-20-19-21-24-30/h19-21,23-24,26-27,29,31-32H,3-18,22,25,28H2,1-2H3. The molecule has 1 aromatic heterocycles. The van der Waals surface area contributed by atoms with Gasteiger partial charge in [0.15, 0.2) is 0 Å². The van der Waals surface area contributed by atoms with Crippen molar-refractivity contribution in [3.63, 3.8) is 0 Å². The third kappa shape index (κ3) is 12.8. The number of imidazole rings is 1. The Hall–Kier alpha value is -1.57. The van der Waals surface area contributed by atoms with Crippen molar-refractivity contribution < 1.29 is 0 Å². The van der Waals surface area contributed by atoms with E-state index in [2.05, 4.69) is 59.9 Å². The summed E-state index contributed by atoms with van der Waals surface area (Å²) < 4.78 is 2.38. The molecule has 0 aliphatic heterocycles. The van der Waals surface area contributed by atoms with E-state index in [-0.39, 0.29) is 0 Å². The van der Waals surface area contributed by atoms with Gasteiger partial charge in [-0.2, -0.15) is 0 Å². The van der Waals surface area contributed by atoms with Crippen molar-refractivity contribution in [1.29, 1.82) is 0 Å². The van der Waals surface area contributed by atoms with Gasteiger partial charge in [0, 0.05) is 18.4 Å². The molecule has 34 heavy (non-hydrogen) atoms. The summed E-state index contributed by atoms with van der Waals surface area (Å²) in [7, 11) is 0. The summed E-state index contributed by atoms with van der Waals surface area (Å²) in [4.78, 5) is 4.35. The molecule has 0 fully saturated rings. The normalized spacial score (nSPS) is 13.2. The molecule has 0 aliphatic rings. The average Bonchev–Trinajstić information content (AvgIpc) is 3.40. The van der Waals surface area contributed by atoms with Crippen LogP contribution in [0.3, 0.4) is 0 Å². The monoisotopic (exact) mass is 466 g/mol. The quantitative estimate of drug-likeness (QED) is 0.158. The Morgan fingerprint density at radius 3 is 1.68 bits per heavy atom. The van der Waals surface area contributed by atoms with Gasteiger partial charge in [-0.15, -0.1) is 0 Å². The highest BCUT2D eigenvalue weighted by Crippen LogP contribution is 2.30. The van der Waals surface area contributed by atoms with E-state index >= 15 is 0 Å². The van der Waals surface area contributed by atoms with Crippen LogP contribution in [0.1, 0.15) is 141 Å². The minimum atomic E-state index is 0.569. The SMILES string of the molecule is CCCCCCCCCCCCCCCCCCC(C(CC)Cc1ccccc1)n1ccnc1. The number of hydrogen-bond donors (Lipinski definition) is 0. The van der Waals surface area contributed by atoms with E-state index in [9.17, 15) is 0 Å². The molecule has 1 aromatic carbocycles. The Bertz CT molecular complexity index is 664. The maximum atomic E-state index is 4.35. The number of hydrogen-bond acceptors (Lipinski definition) is 1. The van der Waals surface area contributed by atoms with Gasteiger partial charge < -0.3 is 4.57 Å². The fourth-order valence-corrected chi connectivity index (χ4v) is 5.46. The van der Waals surface area contributed by atoms with Crippen molar-refractivity contribution in [2.75, 3.05) is 0 Å². The lowest BCUT2D eigenvalue weighted by Crippen LogP contribution is -2.20. The zero-order chi connectivity index (χ0) is 24.1. The van der Waals surface area contributed by atoms with Crippen molar-refractivity contribution >= 4 is 0 Å². The lowest BCUT2D eigenvalue weighted by Gasteiger charge is -2.28. The molecule has 0 aliphatic carbocycles. The van der Waals surface area contributed by atoms with E-state index in [1.54, 1.807) is 0 Å². The lowest BCUT2D eigenvalue weighted by molar-refractivity contribution is 0.290. The Morgan fingerprint density at radius 2 is 1.21 bits per heavy atom. The Labute approximate surface area is 212 Å². The zero-order valence-corrected chi connectivity index (χ0v) is 22.6. The van der Waals surface area contributed by atoms with Crippen molar-refractivity contribution in [1.82, 2.24) is 9.55 Å². The number of benzene rings is 1. The van der Waals surface area contributed by atoms with E-state index in [0.717, 1.165) is 0 Å². The largest absolute Gasteiger partial charge is 0.334 e. The van der Waals surface area contributed by atoms with Crippen LogP contribution in [-0.4, -0.2) is 9.55 Å². The molecule has 0 amide bonds. The van der Waals surface area contributed by atoms with Gasteiger partial charge in [0.25, 0.3) is 0 Å². The zero-order valence-electron chi connectivity index (χ0n) is 22.6. The topological polar surface area (TPSA) is 17.8 Å². The van der Waals surface area contributed by atoms with Gasteiger partial charge in [0.05, 0.1) is 6.33 Å². The van der Waals surface area contributed by atoms with Crippen LogP contribution in [0, 0.1) is 5.92 Å². The summed E-state index contributed by atoms with van der Waals surface area (Å²) in [5.41, 5.74) is 1.46. The third-order valence-corrected chi connectivity index (χ3v) is 7.67. The number of unbranched alkanes of at least 4 members (excludes halogenated alkanes) is 15. The van der Waals surface area contributed by atoms with Crippen LogP contribution < -0.4 is 0 Å². The minimum absolute atomic E-state index is 0.569. The summed E-state index contributed by atoms with van der Waals surface area (Å²) in [5.74, 6) is 0.674. The van der Waals surface area contributed by atoms with E-state index in [1.807, 2.05) is 12.5 Å². The molecule has 0 bridgehead atoms. The number of nitrogens with zero attached hydrogens (tertiary/aromatic N) is 2. The molecule has 0 N–H and O–H groups in total. The fourth-order valence-electron chi connectivity index (χ4n) is 5.46. The van der Waals surface area contributed by atoms with Crippen LogP contribution in [0.5, 0.6) is 0 Å². The fraction of sp³-hybridized carbons (Fsp3) is 0.719. The molecule has 2 heteroatoms. The van der Waals surface area contributed by atoms with Crippen molar-refractivity contribution in [3.8, 4) is 0 Å². The molecule has 1 heterocycles. The van der Waals surface area contributed by atoms with E-state index in [4.69, 9.17) is 0 Å². The smallest absolute Gasteiger partial charge is 0.0948 e. The molecule has 0 spiro atoms. The molecule has 2 nitrogen and oxygen atoms in total. The second kappa shape index (κ2) is 19.7. The first-order valence-electron chi connectivity index (χ1n) is 14.9. The van der Waals surface area contributed by atoms with Gasteiger partial charge in [0.1, 0.15) is 0 Å². The first kappa shape index (κ1) is 28.7. The van der Waals surface area contributed by atoms with E-state index < -0.39 is 0 Å². The van der Waals surface area contributed by atoms with Crippen molar-refractivity contribution in [2.45, 2.75) is 142 Å². The summed E-state index contributed by atoms with van der Waals surface area (Å²) >= 11 is 0. The molecule has 2 atom stereocenters. The van der Waals surface area contributed by atoms with Crippen LogP contribution in [0.15, 0.2) is 49.1 Å². The first-order valence-corrected chi connectivity index (χ1v) is 14.9. The average molecular weight is 467 g/mol. The Balaban J connectivity index is 1.52. The Kier molecular flexibility index (Phi) is 16.6. The summed E-state index contributed by atoms with van der Waals surface area (Å²) in [5, 5.41) is 0. The highest BCUT2D eigenvalue weighted by atomic mass is 15.1. The lowest BCUT2D eigenvalue weighted by atomic mass is 9.86. The molecule has 0 saturated carbocycles. The molecular formula is C32H54N2. The van der Waals surface area contributed by atoms with Crippen LogP contribution in [-0.2, 0) is 6.42 Å². The highest BCUT2D eigenvalue weighted by Gasteiger charge is 2.21. The molecule has 2 rings (SSSR count). The van der Waals surface area contributed by atoms with Gasteiger partial charge in [-0.3, -0.25) is 0 Å². The van der Waals surface area contributed by atoms with Crippen molar-refractivity contribution in [3.05, 3.63) is 54.6 Å². The summed E-state index contributed by atoms with van der Waals surface area (Å²) in [6.45, 7) is 4.65. The highest BCUT2D eigenvalue weighted by molar-refractivity contribution is 5.15. The Morgan fingerprint density at radius 1 is 0.676 bits per heavy atom. The molecule has 0 radical (unpaired) electrons. The molecule has 0 saturated heterocycles. The van der Waals surface area contributed by atoms with Gasteiger partial charge >= 0.3 is 0 Å². The van der Waals surface area contributed by atoms with Crippen LogP contribution >= 0.6 is 0 Å². The predicted octanol–water partition coefficient (Wildman–Crippen LogP) is 10.3. The second-order valence-corrected chi connectivity index (χ2v) is 10.5. The maximum Gasteiger partial charge on any atom is 0.0948 e. The third-order valence-electron chi connectivity index (χ3n) is 7.67. The second-order valence-electron chi connectivity index (χ2n) is 10.5. The molecule has 2 unspecified atom stereocenters. The first-order chi connectivity index (χ1) is 16.8. The molecule has 2 aromatic rings. The summed E-state index contributed by atoms with van der Waals surface area (Å²) in [6, 6.07) is 11.6. The van der Waals surface area contributed by atoms with E-state index in [0.29, 0.717) is 12.0 Å². The van der Waals surface area contributed by atoms with Crippen LogP contribution in [0.4, 0.5) is 0 Å². The molecule has 192 valence electrons. The van der Waals surface area contributed by atoms with E-state index in [1.165, 1.54) is 128 Å². The maximum absolute atomic E-state index is 4.35. The number of rotatable bonds is 22. The molecular weight excluding hydrogens is 412 g/mol. The van der Waals surface area contributed by atoms with Crippen LogP contribution in [0.25, 0.3) is 0 Å². The van der Waals surface area contributed by atoms with Crippen LogP contribution in [0.2, 0.25) is 0 Å². The summed E-state index contributed by atoms with van der Waals surface area (Å²) in [6.07, 6.45) is 32.7. The van der Waals surface area contributed by atoms with Gasteiger partial charge in [0.2, 0.25) is 0 Å². The van der Waals surface area contributed by atoms with Gasteiger partial charge in [-0.1, -0.05) is 153 Å². The van der Waals surface area contributed by atoms with Crippen molar-refractivity contribution in [2.24, 2.45) is 5.92 Å². The predicted molar refractivity (Wildman–Crippen MR) is 149 cm³/mol. The minimum Gasteiger partial charge on any atom is -0.334 e. The van der Waals surface area contributed by atoms with Gasteiger partial charge in [-0.05, 0) is 24.3 Å². The van der Waals surface area contributed by atoms with Gasteiger partial charge in [-0.25, -0.2) is 4.98 Å². The number of aromatic nitrogens is 2.